The Labute approximate surface area is 67.6 Å². The SMILES string of the molecule is CC=CC(OCC)=C(C)C=O. The van der Waals surface area contributed by atoms with Crippen molar-refractivity contribution in [2.75, 3.05) is 6.61 Å². The highest BCUT2D eigenvalue weighted by atomic mass is 16.5. The highest BCUT2D eigenvalue weighted by Crippen LogP contribution is 2.04. The highest BCUT2D eigenvalue weighted by Gasteiger charge is 1.96. The number of carbonyl (C=O) groups excluding carboxylic acids is 1. The Kier molecular flexibility index (Phi) is 5.17. The predicted octanol–water partition coefficient (Wildman–Crippen LogP) is 2.07. The number of hydrogen-bond donors (Lipinski definition) is 0. The van der Waals surface area contributed by atoms with E-state index in [1.54, 1.807) is 13.0 Å². The van der Waals surface area contributed by atoms with E-state index in [0.717, 1.165) is 6.29 Å². The standard InChI is InChI=1S/C9H14O2/c1-4-6-9(11-5-2)8(3)7-10/h4,6-7H,5H2,1-3H3. The Bertz CT molecular complexity index is 178. The Morgan fingerprint density at radius 3 is 2.55 bits per heavy atom. The molecule has 0 spiro atoms. The fourth-order valence-corrected chi connectivity index (χ4v) is 0.658. The molecule has 0 atom stereocenters. The molecule has 0 fully saturated rings. The largest absolute Gasteiger partial charge is 0.493 e. The topological polar surface area (TPSA) is 26.3 Å². The van der Waals surface area contributed by atoms with E-state index < -0.39 is 0 Å². The molecule has 0 heterocycles. The second kappa shape index (κ2) is 5.71. The summed E-state index contributed by atoms with van der Waals surface area (Å²) >= 11 is 0. The Hall–Kier alpha value is -1.05. The van der Waals surface area contributed by atoms with Crippen LogP contribution in [0, 0.1) is 0 Å². The minimum Gasteiger partial charge on any atom is -0.493 e. The van der Waals surface area contributed by atoms with E-state index in [9.17, 15) is 4.79 Å². The van der Waals surface area contributed by atoms with E-state index in [4.69, 9.17) is 4.74 Å². The Balaban J connectivity index is 4.42. The van der Waals surface area contributed by atoms with Gasteiger partial charge in [-0.15, -0.1) is 0 Å². The summed E-state index contributed by atoms with van der Waals surface area (Å²) in [5.41, 5.74) is 0.630. The third kappa shape index (κ3) is 3.61. The molecule has 0 N–H and O–H groups in total. The van der Waals surface area contributed by atoms with Gasteiger partial charge in [0.15, 0.2) is 0 Å². The van der Waals surface area contributed by atoms with Crippen LogP contribution in [0.15, 0.2) is 23.5 Å². The molecule has 11 heavy (non-hydrogen) atoms. The van der Waals surface area contributed by atoms with Crippen molar-refractivity contribution in [3.8, 4) is 0 Å². The molecule has 2 nitrogen and oxygen atoms in total. The smallest absolute Gasteiger partial charge is 0.149 e. The number of ether oxygens (including phenoxy) is 1. The maximum absolute atomic E-state index is 10.3. The zero-order valence-electron chi connectivity index (χ0n) is 7.26. The van der Waals surface area contributed by atoms with Gasteiger partial charge in [0.25, 0.3) is 0 Å². The monoisotopic (exact) mass is 154 g/mol. The van der Waals surface area contributed by atoms with E-state index in [1.165, 1.54) is 0 Å². The van der Waals surface area contributed by atoms with Crippen molar-refractivity contribution in [1.29, 1.82) is 0 Å². The zero-order valence-corrected chi connectivity index (χ0v) is 7.26. The Morgan fingerprint density at radius 2 is 2.18 bits per heavy atom. The van der Waals surface area contributed by atoms with Gasteiger partial charge in [0, 0.05) is 5.57 Å². The number of rotatable bonds is 4. The molecule has 0 bridgehead atoms. The van der Waals surface area contributed by atoms with E-state index in [0.29, 0.717) is 17.9 Å². The quantitative estimate of drug-likeness (QED) is 0.268. The lowest BCUT2D eigenvalue weighted by atomic mass is 10.2. The van der Waals surface area contributed by atoms with Gasteiger partial charge in [-0.2, -0.15) is 0 Å². The van der Waals surface area contributed by atoms with Crippen LogP contribution in [-0.2, 0) is 9.53 Å². The van der Waals surface area contributed by atoms with E-state index in [2.05, 4.69) is 0 Å². The van der Waals surface area contributed by atoms with Crippen LogP contribution in [0.1, 0.15) is 20.8 Å². The molecular weight excluding hydrogens is 140 g/mol. The van der Waals surface area contributed by atoms with Gasteiger partial charge in [0.05, 0.1) is 6.61 Å². The van der Waals surface area contributed by atoms with Crippen molar-refractivity contribution < 1.29 is 9.53 Å². The first-order valence-corrected chi connectivity index (χ1v) is 3.67. The summed E-state index contributed by atoms with van der Waals surface area (Å²) < 4.78 is 5.20. The summed E-state index contributed by atoms with van der Waals surface area (Å²) in [5.74, 6) is 0.657. The fourth-order valence-electron chi connectivity index (χ4n) is 0.658. The van der Waals surface area contributed by atoms with Crippen molar-refractivity contribution in [2.45, 2.75) is 20.8 Å². The molecule has 0 aromatic heterocycles. The third-order valence-electron chi connectivity index (χ3n) is 1.18. The van der Waals surface area contributed by atoms with Crippen LogP contribution in [0.2, 0.25) is 0 Å². The maximum atomic E-state index is 10.3. The number of carbonyl (C=O) groups is 1. The number of hydrogen-bond acceptors (Lipinski definition) is 2. The van der Waals surface area contributed by atoms with Crippen molar-refractivity contribution in [3.05, 3.63) is 23.5 Å². The second-order valence-corrected chi connectivity index (χ2v) is 2.10. The van der Waals surface area contributed by atoms with Crippen molar-refractivity contribution in [3.63, 3.8) is 0 Å². The summed E-state index contributed by atoms with van der Waals surface area (Å²) in [7, 11) is 0. The van der Waals surface area contributed by atoms with E-state index >= 15 is 0 Å². The molecule has 0 saturated carbocycles. The van der Waals surface area contributed by atoms with Crippen LogP contribution in [0.3, 0.4) is 0 Å². The molecule has 0 saturated heterocycles. The van der Waals surface area contributed by atoms with Gasteiger partial charge in [-0.25, -0.2) is 0 Å². The first kappa shape index (κ1) is 9.95. The average molecular weight is 154 g/mol. The van der Waals surface area contributed by atoms with Gasteiger partial charge in [0.1, 0.15) is 12.0 Å². The number of allylic oxidation sites excluding steroid dienone is 3. The molecule has 2 heteroatoms. The molecule has 0 aliphatic carbocycles. The van der Waals surface area contributed by atoms with Gasteiger partial charge < -0.3 is 4.74 Å². The highest BCUT2D eigenvalue weighted by molar-refractivity contribution is 5.73. The summed E-state index contributed by atoms with van der Waals surface area (Å²) in [6.07, 6.45) is 4.43. The molecule has 0 aliphatic heterocycles. The second-order valence-electron chi connectivity index (χ2n) is 2.10. The molecule has 0 aliphatic rings. The summed E-state index contributed by atoms with van der Waals surface area (Å²) in [5, 5.41) is 0. The van der Waals surface area contributed by atoms with Gasteiger partial charge in [-0.05, 0) is 26.8 Å². The third-order valence-corrected chi connectivity index (χ3v) is 1.18. The summed E-state index contributed by atoms with van der Waals surface area (Å²) in [6.45, 7) is 6.10. The van der Waals surface area contributed by atoms with Gasteiger partial charge in [-0.1, -0.05) is 6.08 Å². The number of aldehydes is 1. The van der Waals surface area contributed by atoms with E-state index in [1.807, 2.05) is 19.9 Å². The lowest BCUT2D eigenvalue weighted by molar-refractivity contribution is -0.105. The van der Waals surface area contributed by atoms with Gasteiger partial charge >= 0.3 is 0 Å². The van der Waals surface area contributed by atoms with Crippen LogP contribution < -0.4 is 0 Å². The molecule has 0 unspecified atom stereocenters. The maximum Gasteiger partial charge on any atom is 0.149 e. The van der Waals surface area contributed by atoms with Gasteiger partial charge in [0.2, 0.25) is 0 Å². The van der Waals surface area contributed by atoms with Crippen LogP contribution in [0.5, 0.6) is 0 Å². The molecule has 0 aromatic carbocycles. The predicted molar refractivity (Wildman–Crippen MR) is 45.2 cm³/mol. The van der Waals surface area contributed by atoms with Crippen molar-refractivity contribution in [1.82, 2.24) is 0 Å². The van der Waals surface area contributed by atoms with Crippen molar-refractivity contribution >= 4 is 6.29 Å². The van der Waals surface area contributed by atoms with Crippen LogP contribution in [0.25, 0.3) is 0 Å². The van der Waals surface area contributed by atoms with Gasteiger partial charge in [-0.3, -0.25) is 4.79 Å². The average Bonchev–Trinajstić information content (AvgIpc) is 2.03. The van der Waals surface area contributed by atoms with Crippen LogP contribution in [-0.4, -0.2) is 12.9 Å². The van der Waals surface area contributed by atoms with Crippen molar-refractivity contribution in [2.24, 2.45) is 0 Å². The van der Waals surface area contributed by atoms with Crippen LogP contribution in [0.4, 0.5) is 0 Å². The molecule has 0 amide bonds. The molecule has 0 aromatic rings. The fraction of sp³-hybridized carbons (Fsp3) is 0.444. The first-order chi connectivity index (χ1) is 5.26. The van der Waals surface area contributed by atoms with Crippen LogP contribution >= 0.6 is 0 Å². The normalized spacial score (nSPS) is 13.0. The molecular formula is C9H14O2. The van der Waals surface area contributed by atoms with E-state index in [-0.39, 0.29) is 0 Å². The molecule has 0 rings (SSSR count). The zero-order chi connectivity index (χ0) is 8.69. The minimum absolute atomic E-state index is 0.588. The minimum atomic E-state index is 0.588. The summed E-state index contributed by atoms with van der Waals surface area (Å²) in [4.78, 5) is 10.3. The lowest BCUT2D eigenvalue weighted by Gasteiger charge is -2.03. The lowest BCUT2D eigenvalue weighted by Crippen LogP contribution is -1.93. The first-order valence-electron chi connectivity index (χ1n) is 3.67. The summed E-state index contributed by atoms with van der Waals surface area (Å²) in [6, 6.07) is 0. The molecule has 0 radical (unpaired) electrons. The molecule has 62 valence electrons. The Morgan fingerprint density at radius 1 is 1.55 bits per heavy atom.